The van der Waals surface area contributed by atoms with Crippen molar-refractivity contribution in [3.05, 3.63) is 18.2 Å². The monoisotopic (exact) mass is 448 g/mol. The van der Waals surface area contributed by atoms with Crippen LogP contribution >= 0.6 is 0 Å². The van der Waals surface area contributed by atoms with Gasteiger partial charge in [-0.25, -0.2) is 8.78 Å². The summed E-state index contributed by atoms with van der Waals surface area (Å²) in [5.74, 6) is -1.41. The number of hydrogen-bond acceptors (Lipinski definition) is 6. The lowest BCUT2D eigenvalue weighted by Gasteiger charge is -2.30. The van der Waals surface area contributed by atoms with Crippen molar-refractivity contribution in [1.29, 1.82) is 0 Å². The number of ether oxygens (including phenoxy) is 2. The summed E-state index contributed by atoms with van der Waals surface area (Å²) < 4.78 is 61.4. The van der Waals surface area contributed by atoms with Gasteiger partial charge in [0, 0.05) is 30.9 Å². The number of halogens is 4. The molecular formula is C19H24F4N4O4. The molecule has 1 aliphatic heterocycles. The van der Waals surface area contributed by atoms with Gasteiger partial charge in [-0.05, 0) is 25.0 Å². The molecular weight excluding hydrogens is 424 g/mol. The summed E-state index contributed by atoms with van der Waals surface area (Å²) in [6.07, 6.45) is -1.29. The average molecular weight is 448 g/mol. The first-order valence-electron chi connectivity index (χ1n) is 9.82. The Morgan fingerprint density at radius 1 is 1.32 bits per heavy atom. The number of nitrogens with one attached hydrogen (secondary N) is 1. The fraction of sp³-hybridized carbons (Fsp3) is 0.579. The molecule has 1 aliphatic carbocycles. The largest absolute Gasteiger partial charge is 0.433 e. The minimum absolute atomic E-state index is 0.0824. The molecule has 8 nitrogen and oxygen atoms in total. The van der Waals surface area contributed by atoms with Gasteiger partial charge in [0.25, 0.3) is 12.3 Å². The first-order valence-corrected chi connectivity index (χ1v) is 9.82. The van der Waals surface area contributed by atoms with Crippen LogP contribution in [0, 0.1) is 0 Å². The van der Waals surface area contributed by atoms with Gasteiger partial charge in [0.1, 0.15) is 12.6 Å². The van der Waals surface area contributed by atoms with Gasteiger partial charge in [-0.3, -0.25) is 14.5 Å². The Morgan fingerprint density at radius 3 is 2.65 bits per heavy atom. The van der Waals surface area contributed by atoms with Crippen LogP contribution in [0.1, 0.15) is 12.8 Å². The summed E-state index contributed by atoms with van der Waals surface area (Å²) in [5.41, 5.74) is 5.89. The lowest BCUT2D eigenvalue weighted by Crippen LogP contribution is -2.51. The van der Waals surface area contributed by atoms with Crippen LogP contribution in [0.2, 0.25) is 0 Å². The summed E-state index contributed by atoms with van der Waals surface area (Å²) in [6, 6.07) is 2.77. The maximum Gasteiger partial charge on any atom is 0.387 e. The highest BCUT2D eigenvalue weighted by atomic mass is 19.3. The Morgan fingerprint density at radius 2 is 2.06 bits per heavy atom. The third-order valence-corrected chi connectivity index (χ3v) is 5.03. The molecule has 1 saturated heterocycles. The number of anilines is 2. The predicted molar refractivity (Wildman–Crippen MR) is 103 cm³/mol. The van der Waals surface area contributed by atoms with Crippen molar-refractivity contribution in [2.24, 2.45) is 5.73 Å². The summed E-state index contributed by atoms with van der Waals surface area (Å²) >= 11 is 0. The molecule has 1 aromatic rings. The Labute approximate surface area is 176 Å². The van der Waals surface area contributed by atoms with E-state index >= 15 is 0 Å². The molecule has 0 bridgehead atoms. The first kappa shape index (κ1) is 23.2. The number of carbonyl (C=O) groups excluding carboxylic acids is 2. The molecule has 31 heavy (non-hydrogen) atoms. The molecule has 2 fully saturated rings. The summed E-state index contributed by atoms with van der Waals surface area (Å²) in [5, 5.41) is 2.45. The highest BCUT2D eigenvalue weighted by Crippen LogP contribution is 2.33. The van der Waals surface area contributed by atoms with E-state index in [1.807, 2.05) is 0 Å². The first-order chi connectivity index (χ1) is 14.8. The number of amides is 2. The van der Waals surface area contributed by atoms with Crippen LogP contribution in [0.4, 0.5) is 28.9 Å². The number of nitrogens with zero attached hydrogens (tertiary/aromatic N) is 2. The number of carbonyl (C=O) groups is 2. The Kier molecular flexibility index (Phi) is 7.68. The normalized spacial score (nSPS) is 18.1. The van der Waals surface area contributed by atoms with E-state index in [4.69, 9.17) is 10.5 Å². The fourth-order valence-corrected chi connectivity index (χ4v) is 3.47. The van der Waals surface area contributed by atoms with E-state index in [-0.39, 0.29) is 49.7 Å². The van der Waals surface area contributed by atoms with Crippen LogP contribution in [0.15, 0.2) is 18.2 Å². The molecule has 172 valence electrons. The van der Waals surface area contributed by atoms with Gasteiger partial charge in [0.15, 0.2) is 5.75 Å². The van der Waals surface area contributed by atoms with E-state index in [0.717, 1.165) is 0 Å². The molecule has 3 N–H and O–H groups in total. The molecule has 0 unspecified atom stereocenters. The van der Waals surface area contributed by atoms with Gasteiger partial charge in [0.2, 0.25) is 5.91 Å². The van der Waals surface area contributed by atoms with Crippen molar-refractivity contribution in [3.63, 3.8) is 0 Å². The standard InChI is InChI=1S/C19H24F4N4O4/c20-16(21)9-27(11-1-2-11)14(8-24)18(29)25-13-4-3-12(7-15(13)31-19(22)23)26-5-6-30-10-17(26)28/h3-4,7,11,14,16,19H,1-2,5-6,8-10,24H2,(H,25,29)/t14-/m1/s1. The molecule has 1 atom stereocenters. The number of nitrogens with two attached hydrogens (primary N) is 1. The van der Waals surface area contributed by atoms with Crippen LogP contribution in [0.25, 0.3) is 0 Å². The minimum Gasteiger partial charge on any atom is -0.433 e. The molecule has 2 aliphatic rings. The van der Waals surface area contributed by atoms with Crippen LogP contribution in [0.5, 0.6) is 5.75 Å². The molecule has 0 radical (unpaired) electrons. The van der Waals surface area contributed by atoms with Gasteiger partial charge in [-0.2, -0.15) is 8.78 Å². The van der Waals surface area contributed by atoms with Crippen molar-refractivity contribution in [3.8, 4) is 5.75 Å². The second-order valence-electron chi connectivity index (χ2n) is 7.22. The molecule has 0 aromatic heterocycles. The number of morpholine rings is 1. The molecule has 3 rings (SSSR count). The second kappa shape index (κ2) is 10.2. The lowest BCUT2D eigenvalue weighted by molar-refractivity contribution is -0.125. The van der Waals surface area contributed by atoms with Gasteiger partial charge < -0.3 is 25.4 Å². The quantitative estimate of drug-likeness (QED) is 0.529. The number of alkyl halides is 4. The van der Waals surface area contributed by atoms with E-state index < -0.39 is 31.5 Å². The third kappa shape index (κ3) is 6.05. The van der Waals surface area contributed by atoms with E-state index in [1.54, 1.807) is 0 Å². The van der Waals surface area contributed by atoms with E-state index in [1.165, 1.54) is 28.0 Å². The Hall–Kier alpha value is -2.44. The lowest BCUT2D eigenvalue weighted by atomic mass is 10.2. The van der Waals surface area contributed by atoms with E-state index in [9.17, 15) is 27.2 Å². The zero-order valence-corrected chi connectivity index (χ0v) is 16.6. The number of benzene rings is 1. The average Bonchev–Trinajstić information content (AvgIpc) is 3.54. The Bertz CT molecular complexity index is 794. The Balaban J connectivity index is 1.81. The molecule has 1 heterocycles. The maximum atomic E-state index is 13.0. The van der Waals surface area contributed by atoms with Gasteiger partial charge in [0.05, 0.1) is 18.8 Å². The van der Waals surface area contributed by atoms with Crippen LogP contribution < -0.4 is 20.7 Å². The summed E-state index contributed by atoms with van der Waals surface area (Å²) in [6.45, 7) is -3.63. The summed E-state index contributed by atoms with van der Waals surface area (Å²) in [7, 11) is 0. The van der Waals surface area contributed by atoms with Crippen molar-refractivity contribution in [1.82, 2.24) is 4.90 Å². The van der Waals surface area contributed by atoms with Crippen LogP contribution in [-0.4, -0.2) is 74.7 Å². The number of hydrogen-bond donors (Lipinski definition) is 2. The molecule has 0 spiro atoms. The van der Waals surface area contributed by atoms with Gasteiger partial charge in [-0.1, -0.05) is 0 Å². The van der Waals surface area contributed by atoms with Crippen molar-refractivity contribution in [2.75, 3.05) is 43.1 Å². The molecule has 1 aromatic carbocycles. The second-order valence-corrected chi connectivity index (χ2v) is 7.22. The topological polar surface area (TPSA) is 97.1 Å². The maximum absolute atomic E-state index is 13.0. The predicted octanol–water partition coefficient (Wildman–Crippen LogP) is 1.65. The number of rotatable bonds is 10. The van der Waals surface area contributed by atoms with Crippen molar-refractivity contribution >= 4 is 23.2 Å². The molecule has 1 saturated carbocycles. The van der Waals surface area contributed by atoms with E-state index in [2.05, 4.69) is 10.1 Å². The SMILES string of the molecule is NC[C@H](C(=O)Nc1ccc(N2CCOCC2=O)cc1OC(F)F)N(CC(F)F)C1CC1. The molecule has 12 heteroatoms. The summed E-state index contributed by atoms with van der Waals surface area (Å²) in [4.78, 5) is 27.5. The highest BCUT2D eigenvalue weighted by molar-refractivity contribution is 5.98. The minimum atomic E-state index is -3.18. The highest BCUT2D eigenvalue weighted by Gasteiger charge is 2.38. The van der Waals surface area contributed by atoms with Gasteiger partial charge in [-0.15, -0.1) is 0 Å². The van der Waals surface area contributed by atoms with Crippen molar-refractivity contribution in [2.45, 2.75) is 38.0 Å². The molecule has 2 amide bonds. The van der Waals surface area contributed by atoms with E-state index in [0.29, 0.717) is 18.5 Å². The van der Waals surface area contributed by atoms with Crippen molar-refractivity contribution < 1.29 is 36.6 Å². The zero-order valence-electron chi connectivity index (χ0n) is 16.6. The van der Waals surface area contributed by atoms with Gasteiger partial charge >= 0.3 is 6.61 Å². The smallest absolute Gasteiger partial charge is 0.387 e. The zero-order chi connectivity index (χ0) is 22.5. The fourth-order valence-electron chi connectivity index (χ4n) is 3.47. The van der Waals surface area contributed by atoms with Crippen LogP contribution in [0.3, 0.4) is 0 Å². The third-order valence-electron chi connectivity index (χ3n) is 5.03. The van der Waals surface area contributed by atoms with Crippen LogP contribution in [-0.2, 0) is 14.3 Å².